The van der Waals surface area contributed by atoms with Crippen LogP contribution in [0, 0.1) is 6.92 Å². The van der Waals surface area contributed by atoms with Gasteiger partial charge < -0.3 is 18.9 Å². The first-order valence-corrected chi connectivity index (χ1v) is 11.3. The van der Waals surface area contributed by atoms with Crippen molar-refractivity contribution < 1.29 is 14.0 Å². The monoisotopic (exact) mass is 462 g/mol. The molecular formula is C23H26N8O3. The molecule has 0 spiro atoms. The van der Waals surface area contributed by atoms with E-state index in [2.05, 4.69) is 43.4 Å². The second-order valence-electron chi connectivity index (χ2n) is 8.93. The van der Waals surface area contributed by atoms with Gasteiger partial charge in [0.1, 0.15) is 12.4 Å². The van der Waals surface area contributed by atoms with Crippen LogP contribution in [0.1, 0.15) is 22.7 Å². The summed E-state index contributed by atoms with van der Waals surface area (Å²) in [7, 11) is 3.74. The molecule has 0 bridgehead atoms. The molecule has 0 unspecified atom stereocenters. The number of hydrogen-bond donors (Lipinski definition) is 0. The van der Waals surface area contributed by atoms with Gasteiger partial charge in [0, 0.05) is 56.5 Å². The average molecular weight is 463 g/mol. The minimum atomic E-state index is 0.278. The third-order valence-corrected chi connectivity index (χ3v) is 6.46. The molecule has 11 heteroatoms. The van der Waals surface area contributed by atoms with Gasteiger partial charge in [0.05, 0.1) is 12.8 Å². The zero-order valence-corrected chi connectivity index (χ0v) is 19.4. The van der Waals surface area contributed by atoms with Crippen molar-refractivity contribution in [2.24, 2.45) is 0 Å². The highest BCUT2D eigenvalue weighted by atomic mass is 16.5. The maximum Gasteiger partial charge on any atom is 0.275 e. The lowest BCUT2D eigenvalue weighted by Gasteiger charge is -2.45. The topological polar surface area (TPSA) is 107 Å². The first-order valence-electron chi connectivity index (χ1n) is 11.3. The predicted octanol–water partition coefficient (Wildman–Crippen LogP) is 1.74. The second kappa shape index (κ2) is 8.33. The molecule has 4 aromatic heterocycles. The summed E-state index contributed by atoms with van der Waals surface area (Å²) in [4.78, 5) is 9.79. The van der Waals surface area contributed by atoms with Crippen LogP contribution >= 0.6 is 0 Å². The maximum atomic E-state index is 6.04. The van der Waals surface area contributed by atoms with Crippen molar-refractivity contribution >= 4 is 5.65 Å². The standard InChI is InChI=1S/C23H26N8O3/c1-14-8-19(28-34-14)22-26-25-21-9-20(32-3)23(27-31(21)22)33-13-16-5-4-15-10-30(7-6-18(15)24-16)17-11-29(2)12-17/h4-5,8-9,17H,6-7,10-13H2,1-3H3. The van der Waals surface area contributed by atoms with Crippen molar-refractivity contribution in [3.8, 4) is 23.1 Å². The largest absolute Gasteiger partial charge is 0.491 e. The Hall–Kier alpha value is -3.57. The molecule has 34 heavy (non-hydrogen) atoms. The van der Waals surface area contributed by atoms with Crippen molar-refractivity contribution in [3.63, 3.8) is 0 Å². The molecule has 4 aromatic rings. The molecule has 0 aromatic carbocycles. The number of nitrogens with zero attached hydrogens (tertiary/aromatic N) is 8. The van der Waals surface area contributed by atoms with Gasteiger partial charge in [-0.15, -0.1) is 15.3 Å². The molecule has 1 saturated heterocycles. The van der Waals surface area contributed by atoms with Crippen LogP contribution in [0.2, 0.25) is 0 Å². The number of likely N-dealkylation sites (N-methyl/N-ethyl adjacent to an activating group) is 1. The molecule has 0 radical (unpaired) electrons. The lowest BCUT2D eigenvalue weighted by atomic mass is 10.0. The Morgan fingerprint density at radius 3 is 2.82 bits per heavy atom. The molecule has 6 rings (SSSR count). The van der Waals surface area contributed by atoms with Gasteiger partial charge in [-0.3, -0.25) is 9.88 Å². The third kappa shape index (κ3) is 3.76. The number of methoxy groups -OCH3 is 1. The highest BCUT2D eigenvalue weighted by molar-refractivity contribution is 5.56. The smallest absolute Gasteiger partial charge is 0.275 e. The van der Waals surface area contributed by atoms with Crippen molar-refractivity contribution in [2.45, 2.75) is 32.5 Å². The van der Waals surface area contributed by atoms with Gasteiger partial charge in [0.25, 0.3) is 5.88 Å². The first-order chi connectivity index (χ1) is 16.6. The number of hydrogen-bond acceptors (Lipinski definition) is 10. The Labute approximate surface area is 196 Å². The minimum Gasteiger partial charge on any atom is -0.491 e. The molecule has 0 N–H and O–H groups in total. The van der Waals surface area contributed by atoms with Gasteiger partial charge in [-0.2, -0.15) is 4.52 Å². The van der Waals surface area contributed by atoms with E-state index >= 15 is 0 Å². The summed E-state index contributed by atoms with van der Waals surface area (Å²) in [5, 5.41) is 16.9. The van der Waals surface area contributed by atoms with Crippen LogP contribution in [0.25, 0.3) is 17.2 Å². The van der Waals surface area contributed by atoms with E-state index in [1.54, 1.807) is 23.8 Å². The van der Waals surface area contributed by atoms with Gasteiger partial charge in [0.15, 0.2) is 17.1 Å². The third-order valence-electron chi connectivity index (χ3n) is 6.46. The van der Waals surface area contributed by atoms with Crippen LogP contribution in [-0.2, 0) is 19.6 Å². The number of aryl methyl sites for hydroxylation is 1. The van der Waals surface area contributed by atoms with Gasteiger partial charge >= 0.3 is 0 Å². The fourth-order valence-corrected chi connectivity index (χ4v) is 4.59. The minimum absolute atomic E-state index is 0.278. The van der Waals surface area contributed by atoms with E-state index < -0.39 is 0 Å². The van der Waals surface area contributed by atoms with Crippen LogP contribution in [0.4, 0.5) is 0 Å². The Kier molecular flexibility index (Phi) is 5.15. The molecule has 2 aliphatic rings. The summed E-state index contributed by atoms with van der Waals surface area (Å²) in [6, 6.07) is 8.39. The number of likely N-dealkylation sites (tertiary alicyclic amines) is 1. The quantitative estimate of drug-likeness (QED) is 0.420. The number of aromatic nitrogens is 6. The van der Waals surface area contributed by atoms with E-state index in [0.717, 1.165) is 44.0 Å². The fourth-order valence-electron chi connectivity index (χ4n) is 4.59. The summed E-state index contributed by atoms with van der Waals surface area (Å²) >= 11 is 0. The van der Waals surface area contributed by atoms with Crippen molar-refractivity contribution in [1.82, 2.24) is 39.8 Å². The van der Waals surface area contributed by atoms with Gasteiger partial charge in [0.2, 0.25) is 5.82 Å². The molecule has 1 fully saturated rings. The van der Waals surface area contributed by atoms with E-state index in [9.17, 15) is 0 Å². The van der Waals surface area contributed by atoms with Crippen LogP contribution < -0.4 is 9.47 Å². The number of rotatable bonds is 6. The maximum absolute atomic E-state index is 6.04. The molecule has 0 atom stereocenters. The number of pyridine rings is 1. The Balaban J connectivity index is 1.21. The van der Waals surface area contributed by atoms with E-state index in [-0.39, 0.29) is 6.61 Å². The Morgan fingerprint density at radius 2 is 2.06 bits per heavy atom. The zero-order chi connectivity index (χ0) is 23.2. The van der Waals surface area contributed by atoms with Crippen molar-refractivity contribution in [3.05, 3.63) is 47.0 Å². The Bertz CT molecular complexity index is 1340. The number of fused-ring (bicyclic) bond motifs is 2. The lowest BCUT2D eigenvalue weighted by molar-refractivity contribution is 0.0429. The summed E-state index contributed by atoms with van der Waals surface area (Å²) in [6.07, 6.45) is 0.956. The van der Waals surface area contributed by atoms with E-state index in [4.69, 9.17) is 19.0 Å². The summed E-state index contributed by atoms with van der Waals surface area (Å²) in [5.41, 5.74) is 4.39. The normalized spacial score (nSPS) is 17.0. The zero-order valence-electron chi connectivity index (χ0n) is 19.4. The molecule has 176 valence electrons. The SMILES string of the molecule is COc1cc2nnc(-c3cc(C)on3)n2nc1OCc1ccc2c(n1)CCN(C1CN(C)C1)C2. The summed E-state index contributed by atoms with van der Waals surface area (Å²) in [5.74, 6) is 1.95. The lowest BCUT2D eigenvalue weighted by Crippen LogP contribution is -2.58. The molecular weight excluding hydrogens is 436 g/mol. The van der Waals surface area contributed by atoms with E-state index in [1.807, 2.05) is 13.0 Å². The Morgan fingerprint density at radius 1 is 1.18 bits per heavy atom. The highest BCUT2D eigenvalue weighted by Gasteiger charge is 2.31. The second-order valence-corrected chi connectivity index (χ2v) is 8.93. The molecule has 6 heterocycles. The van der Waals surface area contributed by atoms with Crippen LogP contribution in [0.5, 0.6) is 11.6 Å². The van der Waals surface area contributed by atoms with Gasteiger partial charge in [-0.1, -0.05) is 11.2 Å². The first kappa shape index (κ1) is 21.0. The summed E-state index contributed by atoms with van der Waals surface area (Å²) < 4.78 is 18.3. The van der Waals surface area contributed by atoms with Crippen LogP contribution in [0.15, 0.2) is 28.8 Å². The molecule has 2 aliphatic heterocycles. The number of ether oxygens (including phenoxy) is 2. The van der Waals surface area contributed by atoms with Crippen molar-refractivity contribution in [1.29, 1.82) is 0 Å². The van der Waals surface area contributed by atoms with E-state index in [0.29, 0.717) is 40.6 Å². The van der Waals surface area contributed by atoms with E-state index in [1.165, 1.54) is 5.56 Å². The summed E-state index contributed by atoms with van der Waals surface area (Å²) in [6.45, 7) is 6.41. The van der Waals surface area contributed by atoms with Crippen LogP contribution in [-0.4, -0.2) is 79.6 Å². The van der Waals surface area contributed by atoms with Gasteiger partial charge in [-0.25, -0.2) is 0 Å². The molecule has 0 saturated carbocycles. The molecule has 0 amide bonds. The molecule has 0 aliphatic carbocycles. The fraction of sp³-hybridized carbons (Fsp3) is 0.435. The molecule has 11 nitrogen and oxygen atoms in total. The van der Waals surface area contributed by atoms with Gasteiger partial charge in [-0.05, 0) is 25.6 Å². The van der Waals surface area contributed by atoms with Crippen molar-refractivity contribution in [2.75, 3.05) is 33.8 Å². The predicted molar refractivity (Wildman–Crippen MR) is 122 cm³/mol. The van der Waals surface area contributed by atoms with Crippen LogP contribution in [0.3, 0.4) is 0 Å². The average Bonchev–Trinajstić information content (AvgIpc) is 3.45. The highest BCUT2D eigenvalue weighted by Crippen LogP contribution is 2.28.